The highest BCUT2D eigenvalue weighted by Crippen LogP contribution is 2.15. The van der Waals surface area contributed by atoms with Gasteiger partial charge in [0.25, 0.3) is 5.91 Å². The summed E-state index contributed by atoms with van der Waals surface area (Å²) in [7, 11) is 0. The molecule has 1 aromatic rings. The molecule has 0 radical (unpaired) electrons. The number of piperidine rings is 1. The van der Waals surface area contributed by atoms with E-state index >= 15 is 0 Å². The van der Waals surface area contributed by atoms with Crippen molar-refractivity contribution < 1.29 is 4.79 Å². The molecule has 0 saturated carbocycles. The molecule has 2 rings (SSSR count). The summed E-state index contributed by atoms with van der Waals surface area (Å²) >= 11 is 0. The number of pyridine rings is 1. The normalized spacial score (nSPS) is 19.6. The Morgan fingerprint density at radius 1 is 1.61 bits per heavy atom. The SMILES string of the molecule is CCN(C(=O)c1cccnc1C)C1CCCNC1. The molecule has 1 N–H and O–H groups in total. The Balaban J connectivity index is 2.17. The molecule has 0 spiro atoms. The summed E-state index contributed by atoms with van der Waals surface area (Å²) in [6, 6.07) is 4.01. The summed E-state index contributed by atoms with van der Waals surface area (Å²) in [5, 5.41) is 3.36. The number of carbonyl (C=O) groups excluding carboxylic acids is 1. The van der Waals surface area contributed by atoms with E-state index in [0.717, 1.165) is 43.7 Å². The number of likely N-dealkylation sites (N-methyl/N-ethyl adjacent to an activating group) is 1. The number of nitrogens with one attached hydrogen (secondary N) is 1. The minimum Gasteiger partial charge on any atom is -0.335 e. The van der Waals surface area contributed by atoms with Gasteiger partial charge in [0, 0.05) is 31.0 Å². The van der Waals surface area contributed by atoms with Crippen LogP contribution in [-0.4, -0.2) is 41.5 Å². The summed E-state index contributed by atoms with van der Waals surface area (Å²) < 4.78 is 0. The van der Waals surface area contributed by atoms with E-state index in [9.17, 15) is 4.79 Å². The molecular weight excluding hydrogens is 226 g/mol. The van der Waals surface area contributed by atoms with Crippen molar-refractivity contribution in [2.24, 2.45) is 0 Å². The molecule has 4 nitrogen and oxygen atoms in total. The maximum atomic E-state index is 12.6. The number of rotatable bonds is 3. The first-order valence-electron chi connectivity index (χ1n) is 6.67. The van der Waals surface area contributed by atoms with Crippen molar-refractivity contribution >= 4 is 5.91 Å². The highest BCUT2D eigenvalue weighted by atomic mass is 16.2. The lowest BCUT2D eigenvalue weighted by Gasteiger charge is -2.34. The van der Waals surface area contributed by atoms with E-state index in [1.54, 1.807) is 6.20 Å². The minimum absolute atomic E-state index is 0.108. The maximum Gasteiger partial charge on any atom is 0.255 e. The van der Waals surface area contributed by atoms with Crippen molar-refractivity contribution in [1.29, 1.82) is 0 Å². The van der Waals surface area contributed by atoms with Crippen LogP contribution in [0.4, 0.5) is 0 Å². The maximum absolute atomic E-state index is 12.6. The van der Waals surface area contributed by atoms with Crippen LogP contribution >= 0.6 is 0 Å². The quantitative estimate of drug-likeness (QED) is 0.882. The standard InChI is InChI=1S/C14H21N3O/c1-3-17(12-6-4-8-15-10-12)14(18)13-7-5-9-16-11(13)2/h5,7,9,12,15H,3-4,6,8,10H2,1-2H3. The van der Waals surface area contributed by atoms with Crippen LogP contribution in [0.1, 0.15) is 35.8 Å². The second kappa shape index (κ2) is 5.96. The van der Waals surface area contributed by atoms with Crippen LogP contribution in [0.3, 0.4) is 0 Å². The average molecular weight is 247 g/mol. The van der Waals surface area contributed by atoms with E-state index in [1.807, 2.05) is 30.9 Å². The number of aromatic nitrogens is 1. The van der Waals surface area contributed by atoms with E-state index < -0.39 is 0 Å². The Kier molecular flexibility index (Phi) is 4.31. The van der Waals surface area contributed by atoms with Crippen LogP contribution < -0.4 is 5.32 Å². The molecule has 1 fully saturated rings. The summed E-state index contributed by atoms with van der Waals surface area (Å²) in [5.74, 6) is 0.108. The first kappa shape index (κ1) is 13.0. The zero-order valence-electron chi connectivity index (χ0n) is 11.1. The van der Waals surface area contributed by atoms with Crippen LogP contribution in [0.2, 0.25) is 0 Å². The topological polar surface area (TPSA) is 45.2 Å². The predicted octanol–water partition coefficient (Wildman–Crippen LogP) is 1.60. The second-order valence-electron chi connectivity index (χ2n) is 4.73. The molecule has 0 aliphatic carbocycles. The fourth-order valence-electron chi connectivity index (χ4n) is 2.53. The Morgan fingerprint density at radius 3 is 3.06 bits per heavy atom. The van der Waals surface area contributed by atoms with Crippen molar-refractivity contribution in [2.45, 2.75) is 32.7 Å². The van der Waals surface area contributed by atoms with Gasteiger partial charge in [-0.25, -0.2) is 0 Å². The number of nitrogens with zero attached hydrogens (tertiary/aromatic N) is 2. The highest BCUT2D eigenvalue weighted by Gasteiger charge is 2.25. The van der Waals surface area contributed by atoms with E-state index in [0.29, 0.717) is 6.04 Å². The van der Waals surface area contributed by atoms with Crippen molar-refractivity contribution in [2.75, 3.05) is 19.6 Å². The van der Waals surface area contributed by atoms with Gasteiger partial charge in [-0.2, -0.15) is 0 Å². The van der Waals surface area contributed by atoms with E-state index in [4.69, 9.17) is 0 Å². The Hall–Kier alpha value is -1.42. The van der Waals surface area contributed by atoms with Crippen LogP contribution in [0.25, 0.3) is 0 Å². The van der Waals surface area contributed by atoms with Gasteiger partial charge < -0.3 is 10.2 Å². The monoisotopic (exact) mass is 247 g/mol. The number of hydrogen-bond donors (Lipinski definition) is 1. The van der Waals surface area contributed by atoms with Gasteiger partial charge in [-0.1, -0.05) is 0 Å². The number of amides is 1. The predicted molar refractivity (Wildman–Crippen MR) is 71.6 cm³/mol. The third kappa shape index (κ3) is 2.70. The second-order valence-corrected chi connectivity index (χ2v) is 4.73. The van der Waals surface area contributed by atoms with Crippen LogP contribution in [0, 0.1) is 6.92 Å². The van der Waals surface area contributed by atoms with Gasteiger partial charge in [-0.3, -0.25) is 9.78 Å². The van der Waals surface area contributed by atoms with Gasteiger partial charge in [0.2, 0.25) is 0 Å². The largest absolute Gasteiger partial charge is 0.335 e. The van der Waals surface area contributed by atoms with Crippen molar-refractivity contribution in [1.82, 2.24) is 15.2 Å². The van der Waals surface area contributed by atoms with E-state index in [2.05, 4.69) is 10.3 Å². The zero-order chi connectivity index (χ0) is 13.0. The Labute approximate surface area is 108 Å². The first-order valence-corrected chi connectivity index (χ1v) is 6.67. The third-order valence-corrected chi connectivity index (χ3v) is 3.55. The molecule has 1 saturated heterocycles. The summed E-state index contributed by atoms with van der Waals surface area (Å²) in [4.78, 5) is 18.7. The van der Waals surface area contributed by atoms with Gasteiger partial charge in [0.15, 0.2) is 0 Å². The molecule has 0 aromatic carbocycles. The summed E-state index contributed by atoms with van der Waals surface area (Å²) in [6.07, 6.45) is 3.96. The number of hydrogen-bond acceptors (Lipinski definition) is 3. The van der Waals surface area contributed by atoms with Crippen molar-refractivity contribution in [3.63, 3.8) is 0 Å². The third-order valence-electron chi connectivity index (χ3n) is 3.55. The molecule has 1 amide bonds. The molecule has 1 unspecified atom stereocenters. The lowest BCUT2D eigenvalue weighted by molar-refractivity contribution is 0.0661. The van der Waals surface area contributed by atoms with Crippen molar-refractivity contribution in [3.8, 4) is 0 Å². The fourth-order valence-corrected chi connectivity index (χ4v) is 2.53. The van der Waals surface area contributed by atoms with Crippen LogP contribution in [-0.2, 0) is 0 Å². The molecular formula is C14H21N3O. The highest BCUT2D eigenvalue weighted by molar-refractivity contribution is 5.95. The smallest absolute Gasteiger partial charge is 0.255 e. The van der Waals surface area contributed by atoms with Gasteiger partial charge in [0.1, 0.15) is 0 Å². The van der Waals surface area contributed by atoms with Gasteiger partial charge >= 0.3 is 0 Å². The molecule has 1 aromatic heterocycles. The molecule has 2 heterocycles. The van der Waals surface area contributed by atoms with Crippen LogP contribution in [0.15, 0.2) is 18.3 Å². The first-order chi connectivity index (χ1) is 8.74. The molecule has 0 bridgehead atoms. The van der Waals surface area contributed by atoms with Crippen molar-refractivity contribution in [3.05, 3.63) is 29.6 Å². The number of aryl methyl sites for hydroxylation is 1. The summed E-state index contributed by atoms with van der Waals surface area (Å²) in [6.45, 7) is 6.64. The fraction of sp³-hybridized carbons (Fsp3) is 0.571. The average Bonchev–Trinajstić information content (AvgIpc) is 2.41. The Morgan fingerprint density at radius 2 is 2.44 bits per heavy atom. The van der Waals surface area contributed by atoms with Gasteiger partial charge in [-0.15, -0.1) is 0 Å². The van der Waals surface area contributed by atoms with Crippen LogP contribution in [0.5, 0.6) is 0 Å². The van der Waals surface area contributed by atoms with E-state index in [-0.39, 0.29) is 5.91 Å². The molecule has 1 atom stereocenters. The molecule has 4 heteroatoms. The lowest BCUT2D eigenvalue weighted by atomic mass is 10.0. The molecule has 1 aliphatic rings. The van der Waals surface area contributed by atoms with Gasteiger partial charge in [0.05, 0.1) is 5.56 Å². The van der Waals surface area contributed by atoms with Gasteiger partial charge in [-0.05, 0) is 45.4 Å². The molecule has 98 valence electrons. The Bertz CT molecular complexity index is 413. The molecule has 1 aliphatic heterocycles. The molecule has 18 heavy (non-hydrogen) atoms. The lowest BCUT2D eigenvalue weighted by Crippen LogP contribution is -2.48. The number of carbonyl (C=O) groups is 1. The minimum atomic E-state index is 0.108. The summed E-state index contributed by atoms with van der Waals surface area (Å²) in [5.41, 5.74) is 1.54. The zero-order valence-corrected chi connectivity index (χ0v) is 11.1. The van der Waals surface area contributed by atoms with E-state index in [1.165, 1.54) is 0 Å².